The molecule has 4 rings (SSSR count). The zero-order valence-corrected chi connectivity index (χ0v) is 13.9. The summed E-state index contributed by atoms with van der Waals surface area (Å²) in [5.74, 6) is 0.0675. The summed E-state index contributed by atoms with van der Waals surface area (Å²) in [5, 5.41) is 6.92. The third kappa shape index (κ3) is 2.59. The number of morpholine rings is 1. The number of fused-ring (bicyclic) bond motifs is 1. The maximum Gasteiger partial charge on any atom is 0.273 e. The zero-order valence-electron chi connectivity index (χ0n) is 12.2. The smallest absolute Gasteiger partial charge is 0.273 e. The normalized spacial score (nSPS) is 25.0. The van der Waals surface area contributed by atoms with Crippen LogP contribution in [0.1, 0.15) is 36.2 Å². The zero-order chi connectivity index (χ0) is 14.9. The first-order valence-corrected chi connectivity index (χ1v) is 9.56. The highest BCUT2D eigenvalue weighted by Gasteiger charge is 2.37. The molecule has 0 radical (unpaired) electrons. The summed E-state index contributed by atoms with van der Waals surface area (Å²) in [5.41, 5.74) is 1.68. The Balaban J connectivity index is 1.56. The van der Waals surface area contributed by atoms with Crippen LogP contribution in [-0.4, -0.2) is 41.1 Å². The fourth-order valence-corrected chi connectivity index (χ4v) is 4.89. The van der Waals surface area contributed by atoms with E-state index in [2.05, 4.69) is 10.4 Å². The number of carbonyl (C=O) groups is 1. The molecule has 3 heterocycles. The van der Waals surface area contributed by atoms with Crippen LogP contribution in [0.25, 0.3) is 10.6 Å². The van der Waals surface area contributed by atoms with Crippen molar-refractivity contribution < 1.29 is 9.53 Å². The van der Waals surface area contributed by atoms with Crippen LogP contribution in [-0.2, 0) is 4.74 Å². The van der Waals surface area contributed by atoms with Gasteiger partial charge in [0.2, 0.25) is 0 Å². The molecule has 22 heavy (non-hydrogen) atoms. The van der Waals surface area contributed by atoms with Crippen molar-refractivity contribution in [3.8, 4) is 10.6 Å². The Labute approximate surface area is 137 Å². The van der Waals surface area contributed by atoms with E-state index >= 15 is 0 Å². The molecule has 1 aliphatic carbocycles. The second-order valence-corrected chi connectivity index (χ2v) is 7.45. The Morgan fingerprint density at radius 1 is 1.32 bits per heavy atom. The van der Waals surface area contributed by atoms with Crippen molar-refractivity contribution in [2.24, 2.45) is 0 Å². The summed E-state index contributed by atoms with van der Waals surface area (Å²) in [6.07, 6.45) is 4.75. The Bertz CT molecular complexity index is 651. The highest BCUT2D eigenvalue weighted by Crippen LogP contribution is 2.31. The third-order valence-corrected chi connectivity index (χ3v) is 6.06. The van der Waals surface area contributed by atoms with Crippen molar-refractivity contribution in [1.29, 1.82) is 0 Å². The minimum Gasteiger partial charge on any atom is -0.374 e. The van der Waals surface area contributed by atoms with Gasteiger partial charge in [-0.3, -0.25) is 4.79 Å². The molecule has 2 aromatic heterocycles. The highest BCUT2D eigenvalue weighted by molar-refractivity contribution is 7.14. The van der Waals surface area contributed by atoms with E-state index in [1.54, 1.807) is 22.7 Å². The van der Waals surface area contributed by atoms with Crippen molar-refractivity contribution >= 4 is 28.6 Å². The Morgan fingerprint density at radius 2 is 2.23 bits per heavy atom. The number of thiophene rings is 1. The summed E-state index contributed by atoms with van der Waals surface area (Å²) in [4.78, 5) is 19.4. The molecule has 6 heteroatoms. The predicted octanol–water partition coefficient (Wildman–Crippen LogP) is 3.66. The summed E-state index contributed by atoms with van der Waals surface area (Å²) in [7, 11) is 0. The molecule has 1 saturated heterocycles. The molecule has 1 saturated carbocycles. The van der Waals surface area contributed by atoms with Gasteiger partial charge in [0.25, 0.3) is 5.91 Å². The third-order valence-electron chi connectivity index (χ3n) is 4.48. The van der Waals surface area contributed by atoms with E-state index in [-0.39, 0.29) is 18.1 Å². The molecule has 2 atom stereocenters. The average Bonchev–Trinajstić information content (AvgIpc) is 3.24. The second-order valence-electron chi connectivity index (χ2n) is 5.81. The number of amides is 1. The van der Waals surface area contributed by atoms with E-state index in [1.807, 2.05) is 21.7 Å². The lowest BCUT2D eigenvalue weighted by molar-refractivity contribution is -0.0754. The number of aromatic nitrogens is 1. The van der Waals surface area contributed by atoms with E-state index in [1.165, 1.54) is 12.8 Å². The van der Waals surface area contributed by atoms with Gasteiger partial charge >= 0.3 is 0 Å². The summed E-state index contributed by atoms with van der Waals surface area (Å²) in [6, 6.07) is 2.28. The van der Waals surface area contributed by atoms with Gasteiger partial charge in [-0.25, -0.2) is 4.98 Å². The van der Waals surface area contributed by atoms with E-state index in [0.29, 0.717) is 18.8 Å². The number of nitrogens with zero attached hydrogens (tertiary/aromatic N) is 2. The van der Waals surface area contributed by atoms with Gasteiger partial charge in [-0.05, 0) is 24.3 Å². The largest absolute Gasteiger partial charge is 0.374 e. The molecule has 4 nitrogen and oxygen atoms in total. The minimum absolute atomic E-state index is 0.0675. The van der Waals surface area contributed by atoms with Crippen molar-refractivity contribution in [2.75, 3.05) is 13.2 Å². The van der Waals surface area contributed by atoms with Crippen LogP contribution >= 0.6 is 22.7 Å². The first-order chi connectivity index (χ1) is 10.8. The fourth-order valence-electron chi connectivity index (χ4n) is 3.39. The van der Waals surface area contributed by atoms with Crippen LogP contribution in [0, 0.1) is 0 Å². The van der Waals surface area contributed by atoms with E-state index in [9.17, 15) is 4.79 Å². The number of hydrogen-bond acceptors (Lipinski definition) is 5. The molecule has 116 valence electrons. The van der Waals surface area contributed by atoms with Crippen LogP contribution in [0.4, 0.5) is 0 Å². The molecule has 0 N–H and O–H groups in total. The van der Waals surface area contributed by atoms with Crippen LogP contribution in [0.2, 0.25) is 0 Å². The van der Waals surface area contributed by atoms with E-state index in [0.717, 1.165) is 23.4 Å². The van der Waals surface area contributed by atoms with Crippen LogP contribution in [0.3, 0.4) is 0 Å². The highest BCUT2D eigenvalue weighted by atomic mass is 32.1. The van der Waals surface area contributed by atoms with Crippen LogP contribution < -0.4 is 0 Å². The average molecular weight is 334 g/mol. The molecule has 0 spiro atoms. The first-order valence-electron chi connectivity index (χ1n) is 7.73. The van der Waals surface area contributed by atoms with Crippen LogP contribution in [0.15, 0.2) is 22.2 Å². The molecular formula is C16H18N2O2S2. The van der Waals surface area contributed by atoms with Gasteiger partial charge in [-0.1, -0.05) is 12.8 Å². The first kappa shape index (κ1) is 14.4. The predicted molar refractivity (Wildman–Crippen MR) is 88.5 cm³/mol. The summed E-state index contributed by atoms with van der Waals surface area (Å²) >= 11 is 3.20. The molecular weight excluding hydrogens is 316 g/mol. The maximum atomic E-state index is 12.9. The number of ether oxygens (including phenoxy) is 1. The van der Waals surface area contributed by atoms with Gasteiger partial charge in [-0.2, -0.15) is 11.3 Å². The topological polar surface area (TPSA) is 42.4 Å². The van der Waals surface area contributed by atoms with Gasteiger partial charge in [-0.15, -0.1) is 11.3 Å². The van der Waals surface area contributed by atoms with Crippen molar-refractivity contribution in [1.82, 2.24) is 9.88 Å². The van der Waals surface area contributed by atoms with E-state index < -0.39 is 0 Å². The Kier molecular flexibility index (Phi) is 3.98. The van der Waals surface area contributed by atoms with Crippen molar-refractivity contribution in [3.05, 3.63) is 27.9 Å². The van der Waals surface area contributed by atoms with Gasteiger partial charge < -0.3 is 9.64 Å². The van der Waals surface area contributed by atoms with E-state index in [4.69, 9.17) is 4.74 Å². The molecule has 1 amide bonds. The number of thiazole rings is 1. The lowest BCUT2D eigenvalue weighted by Crippen LogP contribution is -2.54. The van der Waals surface area contributed by atoms with Gasteiger partial charge in [0, 0.05) is 22.9 Å². The molecule has 2 aromatic rings. The number of hydrogen-bond donors (Lipinski definition) is 0. The quantitative estimate of drug-likeness (QED) is 0.842. The summed E-state index contributed by atoms with van der Waals surface area (Å²) in [6.45, 7) is 1.33. The van der Waals surface area contributed by atoms with Crippen molar-refractivity contribution in [2.45, 2.75) is 37.8 Å². The SMILES string of the molecule is O=C(c1csc(-c2ccsc2)n1)N1CCO[C@@H]2CCCC[C@@H]21. The Hall–Kier alpha value is -1.24. The monoisotopic (exact) mass is 334 g/mol. The second kappa shape index (κ2) is 6.10. The molecule has 1 aliphatic heterocycles. The van der Waals surface area contributed by atoms with Crippen LogP contribution in [0.5, 0.6) is 0 Å². The van der Waals surface area contributed by atoms with Gasteiger partial charge in [0.1, 0.15) is 10.7 Å². The lowest BCUT2D eigenvalue weighted by Gasteiger charge is -2.43. The fraction of sp³-hybridized carbons (Fsp3) is 0.500. The molecule has 0 aromatic carbocycles. The minimum atomic E-state index is 0.0675. The molecule has 2 fully saturated rings. The summed E-state index contributed by atoms with van der Waals surface area (Å²) < 4.78 is 5.85. The van der Waals surface area contributed by atoms with Crippen molar-refractivity contribution in [3.63, 3.8) is 0 Å². The molecule has 2 aliphatic rings. The Morgan fingerprint density at radius 3 is 3.09 bits per heavy atom. The van der Waals surface area contributed by atoms with Gasteiger partial charge in [0.05, 0.1) is 18.8 Å². The number of carbonyl (C=O) groups excluding carboxylic acids is 1. The number of rotatable bonds is 2. The standard InChI is InChI=1S/C16H18N2O2S2/c19-16(12-10-22-15(17-12)11-5-8-21-9-11)18-6-7-20-14-4-2-1-3-13(14)18/h5,8-10,13-14H,1-4,6-7H2/t13-,14+/m0/s1. The molecule has 0 bridgehead atoms. The maximum absolute atomic E-state index is 12.9. The van der Waals surface area contributed by atoms with Gasteiger partial charge in [0.15, 0.2) is 0 Å². The lowest BCUT2D eigenvalue weighted by atomic mass is 9.90. The molecule has 0 unspecified atom stereocenters.